The van der Waals surface area contributed by atoms with Crippen LogP contribution in [-0.4, -0.2) is 34.6 Å². The van der Waals surface area contributed by atoms with Crippen molar-refractivity contribution < 1.29 is 9.90 Å². The highest BCUT2D eigenvalue weighted by Crippen LogP contribution is 2.27. The van der Waals surface area contributed by atoms with Crippen LogP contribution in [0.15, 0.2) is 30.3 Å². The summed E-state index contributed by atoms with van der Waals surface area (Å²) in [7, 11) is 0. The third kappa shape index (κ3) is 3.58. The van der Waals surface area contributed by atoms with Crippen molar-refractivity contribution in [1.29, 1.82) is 0 Å². The van der Waals surface area contributed by atoms with Gasteiger partial charge in [-0.05, 0) is 24.8 Å². The van der Waals surface area contributed by atoms with Crippen LogP contribution in [0.1, 0.15) is 31.7 Å². The van der Waals surface area contributed by atoms with Crippen LogP contribution in [0.2, 0.25) is 0 Å². The fourth-order valence-corrected chi connectivity index (χ4v) is 3.16. The maximum Gasteiger partial charge on any atom is 0.308 e. The molecule has 0 spiro atoms. The van der Waals surface area contributed by atoms with Crippen LogP contribution >= 0.6 is 0 Å². The van der Waals surface area contributed by atoms with Crippen LogP contribution in [-0.2, 0) is 11.3 Å². The molecule has 0 saturated carbocycles. The molecule has 1 aromatic rings. The van der Waals surface area contributed by atoms with E-state index in [4.69, 9.17) is 5.73 Å². The van der Waals surface area contributed by atoms with E-state index < -0.39 is 5.97 Å². The molecule has 1 heterocycles. The van der Waals surface area contributed by atoms with Gasteiger partial charge in [0.05, 0.1) is 5.92 Å². The second-order valence-electron chi connectivity index (χ2n) is 5.67. The lowest BCUT2D eigenvalue weighted by Crippen LogP contribution is -2.52. The molecule has 2 rings (SSSR count). The van der Waals surface area contributed by atoms with E-state index in [1.807, 2.05) is 25.1 Å². The van der Waals surface area contributed by atoms with Gasteiger partial charge in [0.1, 0.15) is 0 Å². The van der Waals surface area contributed by atoms with E-state index in [-0.39, 0.29) is 18.0 Å². The number of carbonyl (C=O) groups is 1. The molecule has 3 atom stereocenters. The molecular weight excluding hydrogens is 252 g/mol. The number of nitrogens with zero attached hydrogens (tertiary/aromatic N) is 1. The molecule has 4 nitrogen and oxygen atoms in total. The van der Waals surface area contributed by atoms with Gasteiger partial charge in [0.25, 0.3) is 0 Å². The summed E-state index contributed by atoms with van der Waals surface area (Å²) in [5.41, 5.74) is 7.28. The van der Waals surface area contributed by atoms with Crippen molar-refractivity contribution in [3.8, 4) is 0 Å². The topological polar surface area (TPSA) is 66.6 Å². The number of piperidine rings is 1. The molecule has 0 amide bonds. The zero-order chi connectivity index (χ0) is 14.5. The SMILES string of the molecule is CCC(C(=O)O)[C@@H]1CC[C@H](N)CN1Cc1ccccc1. The maximum atomic E-state index is 11.5. The molecule has 1 aliphatic rings. The predicted molar refractivity (Wildman–Crippen MR) is 79.3 cm³/mol. The quantitative estimate of drug-likeness (QED) is 0.864. The number of carboxylic acid groups (broad SMARTS) is 1. The number of benzene rings is 1. The Morgan fingerprint density at radius 3 is 2.70 bits per heavy atom. The van der Waals surface area contributed by atoms with Crippen LogP contribution in [0.25, 0.3) is 0 Å². The van der Waals surface area contributed by atoms with E-state index in [0.29, 0.717) is 6.42 Å². The highest BCUT2D eigenvalue weighted by molar-refractivity contribution is 5.70. The molecular formula is C16H24N2O2. The average molecular weight is 276 g/mol. The summed E-state index contributed by atoms with van der Waals surface area (Å²) < 4.78 is 0. The Bertz CT molecular complexity index is 435. The van der Waals surface area contributed by atoms with Gasteiger partial charge in [-0.3, -0.25) is 9.69 Å². The van der Waals surface area contributed by atoms with Crippen LogP contribution in [0.3, 0.4) is 0 Å². The van der Waals surface area contributed by atoms with E-state index in [0.717, 1.165) is 25.9 Å². The molecule has 3 N–H and O–H groups in total. The average Bonchev–Trinajstić information content (AvgIpc) is 2.43. The molecule has 1 saturated heterocycles. The van der Waals surface area contributed by atoms with Gasteiger partial charge in [-0.15, -0.1) is 0 Å². The van der Waals surface area contributed by atoms with Gasteiger partial charge in [-0.1, -0.05) is 37.3 Å². The van der Waals surface area contributed by atoms with Crippen LogP contribution in [0.5, 0.6) is 0 Å². The zero-order valence-corrected chi connectivity index (χ0v) is 12.0. The summed E-state index contributed by atoms with van der Waals surface area (Å²) in [6.07, 6.45) is 2.46. The van der Waals surface area contributed by atoms with Crippen molar-refractivity contribution in [1.82, 2.24) is 4.90 Å². The molecule has 1 aromatic carbocycles. The lowest BCUT2D eigenvalue weighted by atomic mass is 9.86. The van der Waals surface area contributed by atoms with Gasteiger partial charge in [0.2, 0.25) is 0 Å². The van der Waals surface area contributed by atoms with Crippen molar-refractivity contribution in [2.75, 3.05) is 6.54 Å². The van der Waals surface area contributed by atoms with Crippen molar-refractivity contribution in [3.63, 3.8) is 0 Å². The molecule has 1 aliphatic heterocycles. The third-order valence-electron chi connectivity index (χ3n) is 4.22. The molecule has 1 unspecified atom stereocenters. The zero-order valence-electron chi connectivity index (χ0n) is 12.0. The number of likely N-dealkylation sites (tertiary alicyclic amines) is 1. The molecule has 0 bridgehead atoms. The number of hydrogen-bond acceptors (Lipinski definition) is 3. The van der Waals surface area contributed by atoms with Gasteiger partial charge in [-0.25, -0.2) is 0 Å². The second kappa shape index (κ2) is 6.86. The molecule has 110 valence electrons. The largest absolute Gasteiger partial charge is 0.481 e. The molecule has 0 radical (unpaired) electrons. The van der Waals surface area contributed by atoms with Gasteiger partial charge >= 0.3 is 5.97 Å². The van der Waals surface area contributed by atoms with Crippen molar-refractivity contribution >= 4 is 5.97 Å². The lowest BCUT2D eigenvalue weighted by Gasteiger charge is -2.41. The Hall–Kier alpha value is -1.39. The highest BCUT2D eigenvalue weighted by atomic mass is 16.4. The third-order valence-corrected chi connectivity index (χ3v) is 4.22. The van der Waals surface area contributed by atoms with Crippen LogP contribution in [0, 0.1) is 5.92 Å². The van der Waals surface area contributed by atoms with Gasteiger partial charge < -0.3 is 10.8 Å². The van der Waals surface area contributed by atoms with E-state index >= 15 is 0 Å². The number of rotatable bonds is 5. The normalized spacial score (nSPS) is 25.3. The first-order chi connectivity index (χ1) is 9.61. The number of carboxylic acids is 1. The monoisotopic (exact) mass is 276 g/mol. The van der Waals surface area contributed by atoms with E-state index in [9.17, 15) is 9.90 Å². The number of hydrogen-bond donors (Lipinski definition) is 2. The molecule has 4 heteroatoms. The summed E-state index contributed by atoms with van der Waals surface area (Å²) >= 11 is 0. The van der Waals surface area contributed by atoms with Crippen molar-refractivity contribution in [3.05, 3.63) is 35.9 Å². The van der Waals surface area contributed by atoms with Crippen molar-refractivity contribution in [2.45, 2.75) is 44.8 Å². The van der Waals surface area contributed by atoms with Crippen LogP contribution < -0.4 is 5.73 Å². The van der Waals surface area contributed by atoms with Crippen molar-refractivity contribution in [2.24, 2.45) is 11.7 Å². The molecule has 0 aromatic heterocycles. The molecule has 1 fully saturated rings. The Labute approximate surface area is 120 Å². The van der Waals surface area contributed by atoms with E-state index in [1.54, 1.807) is 0 Å². The standard InChI is InChI=1S/C16H24N2O2/c1-2-14(16(19)20)15-9-8-13(17)11-18(15)10-12-6-4-3-5-7-12/h3-7,13-15H,2,8-11,17H2,1H3,(H,19,20)/t13-,14?,15-/m0/s1. The first-order valence-electron chi connectivity index (χ1n) is 7.38. The number of aliphatic carboxylic acids is 1. The van der Waals surface area contributed by atoms with Crippen LogP contribution in [0.4, 0.5) is 0 Å². The number of nitrogens with two attached hydrogens (primary N) is 1. The molecule has 0 aliphatic carbocycles. The maximum absolute atomic E-state index is 11.5. The Morgan fingerprint density at radius 2 is 2.10 bits per heavy atom. The second-order valence-corrected chi connectivity index (χ2v) is 5.67. The summed E-state index contributed by atoms with van der Waals surface area (Å²) in [6, 6.07) is 10.4. The minimum Gasteiger partial charge on any atom is -0.481 e. The van der Waals surface area contributed by atoms with E-state index in [1.165, 1.54) is 5.56 Å². The Kier molecular flexibility index (Phi) is 5.15. The summed E-state index contributed by atoms with van der Waals surface area (Å²) in [6.45, 7) is 3.51. The first kappa shape index (κ1) is 15.0. The smallest absolute Gasteiger partial charge is 0.308 e. The fraction of sp³-hybridized carbons (Fsp3) is 0.562. The minimum absolute atomic E-state index is 0.0949. The lowest BCUT2D eigenvalue weighted by molar-refractivity contribution is -0.145. The minimum atomic E-state index is -0.689. The first-order valence-corrected chi connectivity index (χ1v) is 7.38. The Balaban J connectivity index is 2.14. The fourth-order valence-electron chi connectivity index (χ4n) is 3.16. The predicted octanol–water partition coefficient (Wildman–Crippen LogP) is 2.09. The summed E-state index contributed by atoms with van der Waals surface area (Å²) in [4.78, 5) is 13.7. The summed E-state index contributed by atoms with van der Waals surface area (Å²) in [5.74, 6) is -0.989. The van der Waals surface area contributed by atoms with E-state index in [2.05, 4.69) is 17.0 Å². The highest BCUT2D eigenvalue weighted by Gasteiger charge is 2.35. The summed E-state index contributed by atoms with van der Waals surface area (Å²) in [5, 5.41) is 9.42. The van der Waals surface area contributed by atoms with Gasteiger partial charge in [0.15, 0.2) is 0 Å². The Morgan fingerprint density at radius 1 is 1.40 bits per heavy atom. The van der Waals surface area contributed by atoms with Gasteiger partial charge in [0, 0.05) is 25.2 Å². The molecule has 20 heavy (non-hydrogen) atoms. The van der Waals surface area contributed by atoms with Gasteiger partial charge in [-0.2, -0.15) is 0 Å².